The number of benzene rings is 1. The lowest BCUT2D eigenvalue weighted by Crippen LogP contribution is -2.46. The van der Waals surface area contributed by atoms with Gasteiger partial charge in [0.25, 0.3) is 0 Å². The summed E-state index contributed by atoms with van der Waals surface area (Å²) in [5.41, 5.74) is 3.24. The summed E-state index contributed by atoms with van der Waals surface area (Å²) in [7, 11) is 1.78. The van der Waals surface area contributed by atoms with Gasteiger partial charge in [-0.2, -0.15) is 0 Å². The number of ether oxygens (including phenoxy) is 1. The van der Waals surface area contributed by atoms with Crippen molar-refractivity contribution in [1.29, 1.82) is 0 Å². The Bertz CT molecular complexity index is 818. The zero-order valence-corrected chi connectivity index (χ0v) is 21.6. The summed E-state index contributed by atoms with van der Waals surface area (Å²) in [6.45, 7) is 8.71. The molecule has 2 N–H and O–H groups in total. The largest absolute Gasteiger partial charge is 0.379 e. The van der Waals surface area contributed by atoms with Crippen LogP contribution < -0.4 is 10.6 Å². The zero-order valence-electron chi connectivity index (χ0n) is 18.5. The molecule has 1 aliphatic heterocycles. The van der Waals surface area contributed by atoms with E-state index in [2.05, 4.69) is 45.6 Å². The van der Waals surface area contributed by atoms with E-state index < -0.39 is 0 Å². The maximum absolute atomic E-state index is 6.53. The lowest BCUT2D eigenvalue weighted by atomic mass is 10.0. The highest BCUT2D eigenvalue weighted by Gasteiger charge is 2.24. The van der Waals surface area contributed by atoms with Gasteiger partial charge in [0.15, 0.2) is 5.96 Å². The summed E-state index contributed by atoms with van der Waals surface area (Å²) in [4.78, 5) is 6.81. The van der Waals surface area contributed by atoms with E-state index in [9.17, 15) is 0 Å². The van der Waals surface area contributed by atoms with Gasteiger partial charge in [-0.1, -0.05) is 48.8 Å². The third kappa shape index (κ3) is 6.81. The maximum atomic E-state index is 6.53. The number of aliphatic imine (C=N–C) groups is 1. The van der Waals surface area contributed by atoms with Crippen molar-refractivity contribution < 1.29 is 9.26 Å². The number of guanidine groups is 1. The molecule has 0 bridgehead atoms. The van der Waals surface area contributed by atoms with Crippen molar-refractivity contribution in [2.75, 3.05) is 39.9 Å². The third-order valence-corrected chi connectivity index (χ3v) is 5.82. The molecule has 31 heavy (non-hydrogen) atoms. The Kier molecular flexibility index (Phi) is 11.1. The first-order valence-electron chi connectivity index (χ1n) is 10.6. The van der Waals surface area contributed by atoms with E-state index in [1.165, 1.54) is 0 Å². The Hall–Kier alpha value is -1.36. The van der Waals surface area contributed by atoms with E-state index in [1.54, 1.807) is 7.05 Å². The molecule has 0 amide bonds. The van der Waals surface area contributed by atoms with E-state index >= 15 is 0 Å². The van der Waals surface area contributed by atoms with Crippen LogP contribution in [0.4, 0.5) is 0 Å². The zero-order chi connectivity index (χ0) is 21.3. The Labute approximate surface area is 207 Å². The Morgan fingerprint density at radius 3 is 2.58 bits per heavy atom. The first-order valence-corrected chi connectivity index (χ1v) is 11.0. The highest BCUT2D eigenvalue weighted by atomic mass is 127. The van der Waals surface area contributed by atoms with Gasteiger partial charge in [-0.3, -0.25) is 9.89 Å². The number of nitrogens with one attached hydrogen (secondary N) is 2. The second-order valence-corrected chi connectivity index (χ2v) is 7.64. The molecule has 3 rings (SSSR count). The minimum atomic E-state index is 0. The summed E-state index contributed by atoms with van der Waals surface area (Å²) in [5, 5.41) is 11.9. The molecule has 172 valence electrons. The van der Waals surface area contributed by atoms with Gasteiger partial charge in [0.05, 0.1) is 24.9 Å². The molecule has 0 saturated carbocycles. The number of hydrogen-bond donors (Lipinski definition) is 2. The van der Waals surface area contributed by atoms with Crippen LogP contribution in [0.5, 0.6) is 0 Å². The van der Waals surface area contributed by atoms with Crippen molar-refractivity contribution in [1.82, 2.24) is 20.7 Å². The van der Waals surface area contributed by atoms with Crippen molar-refractivity contribution in [2.45, 2.75) is 39.3 Å². The van der Waals surface area contributed by atoms with Crippen molar-refractivity contribution in [3.05, 3.63) is 51.9 Å². The van der Waals surface area contributed by atoms with Crippen LogP contribution in [0.2, 0.25) is 5.02 Å². The van der Waals surface area contributed by atoms with E-state index in [1.807, 2.05) is 18.2 Å². The molecule has 1 aliphatic rings. The molecule has 1 fully saturated rings. The molecule has 2 heterocycles. The maximum Gasteiger partial charge on any atom is 0.191 e. The molecule has 7 nitrogen and oxygen atoms in total. The second-order valence-electron chi connectivity index (χ2n) is 7.23. The van der Waals surface area contributed by atoms with Crippen LogP contribution in [0.25, 0.3) is 0 Å². The van der Waals surface area contributed by atoms with Crippen molar-refractivity contribution >= 4 is 41.5 Å². The Balaban J connectivity index is 0.00000341. The number of rotatable bonds is 8. The molecule has 0 spiro atoms. The number of hydrogen-bond acceptors (Lipinski definition) is 5. The van der Waals surface area contributed by atoms with Crippen LogP contribution >= 0.6 is 35.6 Å². The monoisotopic (exact) mass is 561 g/mol. The molecule has 1 atom stereocenters. The minimum Gasteiger partial charge on any atom is -0.379 e. The predicted molar refractivity (Wildman–Crippen MR) is 135 cm³/mol. The molecule has 2 aromatic rings. The van der Waals surface area contributed by atoms with Crippen LogP contribution in [0.15, 0.2) is 33.8 Å². The standard InChI is InChI=1S/C22H32ClN5O2.HI/c1-4-19-17(21(5-2)30-27-19)14-25-22(24-3)26-15-20(28-10-12-29-13-11-28)16-8-6-7-9-18(16)23;/h6-9,20H,4-5,10-15H2,1-3H3,(H2,24,25,26);1H. The third-order valence-electron chi connectivity index (χ3n) is 5.48. The predicted octanol–water partition coefficient (Wildman–Crippen LogP) is 3.81. The molecule has 1 saturated heterocycles. The van der Waals surface area contributed by atoms with Gasteiger partial charge in [-0.15, -0.1) is 24.0 Å². The van der Waals surface area contributed by atoms with Crippen LogP contribution in [0, 0.1) is 0 Å². The lowest BCUT2D eigenvalue weighted by molar-refractivity contribution is 0.0170. The smallest absolute Gasteiger partial charge is 0.191 e. The van der Waals surface area contributed by atoms with Crippen LogP contribution in [-0.4, -0.2) is 55.9 Å². The molecular formula is C22H33ClIN5O2. The number of halogens is 2. The molecule has 0 radical (unpaired) electrons. The van der Waals surface area contributed by atoms with Gasteiger partial charge >= 0.3 is 0 Å². The fourth-order valence-electron chi connectivity index (χ4n) is 3.79. The van der Waals surface area contributed by atoms with Gasteiger partial charge in [0.2, 0.25) is 0 Å². The van der Waals surface area contributed by atoms with Crippen LogP contribution in [-0.2, 0) is 24.1 Å². The lowest BCUT2D eigenvalue weighted by Gasteiger charge is -2.35. The molecular weight excluding hydrogens is 529 g/mol. The molecule has 9 heteroatoms. The number of aromatic nitrogens is 1. The van der Waals surface area contributed by atoms with Crippen LogP contribution in [0.3, 0.4) is 0 Å². The Morgan fingerprint density at radius 1 is 1.19 bits per heavy atom. The summed E-state index contributed by atoms with van der Waals surface area (Å²) in [6, 6.07) is 8.17. The van der Waals surface area contributed by atoms with Gasteiger partial charge in [-0.25, -0.2) is 0 Å². The first-order chi connectivity index (χ1) is 14.7. The SMILES string of the molecule is CCc1noc(CC)c1CNC(=NC)NCC(c1ccccc1Cl)N1CCOCC1.I. The Morgan fingerprint density at radius 2 is 1.94 bits per heavy atom. The van der Waals surface area contributed by atoms with E-state index in [-0.39, 0.29) is 30.0 Å². The quantitative estimate of drug-likeness (QED) is 0.290. The fraction of sp³-hybridized carbons (Fsp3) is 0.545. The van der Waals surface area contributed by atoms with Gasteiger partial charge in [0, 0.05) is 50.2 Å². The molecule has 0 aliphatic carbocycles. The number of morpholine rings is 1. The molecule has 1 aromatic heterocycles. The average Bonchev–Trinajstić information content (AvgIpc) is 3.19. The topological polar surface area (TPSA) is 74.9 Å². The first kappa shape index (κ1) is 25.9. The summed E-state index contributed by atoms with van der Waals surface area (Å²) in [5.74, 6) is 1.67. The average molecular weight is 562 g/mol. The number of nitrogens with zero attached hydrogens (tertiary/aromatic N) is 3. The van der Waals surface area contributed by atoms with Crippen molar-refractivity contribution in [2.24, 2.45) is 4.99 Å². The summed E-state index contributed by atoms with van der Waals surface area (Å²) in [6.07, 6.45) is 1.67. The highest BCUT2D eigenvalue weighted by molar-refractivity contribution is 14.0. The fourth-order valence-corrected chi connectivity index (χ4v) is 4.06. The van der Waals surface area contributed by atoms with E-state index in [0.717, 1.165) is 72.7 Å². The van der Waals surface area contributed by atoms with Gasteiger partial charge in [0.1, 0.15) is 5.76 Å². The van der Waals surface area contributed by atoms with E-state index in [0.29, 0.717) is 13.1 Å². The highest BCUT2D eigenvalue weighted by Crippen LogP contribution is 2.27. The summed E-state index contributed by atoms with van der Waals surface area (Å²) >= 11 is 6.53. The normalized spacial score (nSPS) is 15.9. The van der Waals surface area contributed by atoms with Crippen LogP contribution in [0.1, 0.15) is 42.5 Å². The second kappa shape index (κ2) is 13.2. The van der Waals surface area contributed by atoms with Gasteiger partial charge in [-0.05, 0) is 18.1 Å². The number of aryl methyl sites for hydroxylation is 2. The molecule has 1 aromatic carbocycles. The van der Waals surface area contributed by atoms with Crippen molar-refractivity contribution in [3.8, 4) is 0 Å². The molecule has 1 unspecified atom stereocenters. The van der Waals surface area contributed by atoms with Crippen molar-refractivity contribution in [3.63, 3.8) is 0 Å². The minimum absolute atomic E-state index is 0. The van der Waals surface area contributed by atoms with E-state index in [4.69, 9.17) is 20.9 Å². The van der Waals surface area contributed by atoms with Gasteiger partial charge < -0.3 is 19.9 Å². The summed E-state index contributed by atoms with van der Waals surface area (Å²) < 4.78 is 11.0.